The van der Waals surface area contributed by atoms with Crippen molar-refractivity contribution in [3.05, 3.63) is 29.8 Å². The van der Waals surface area contributed by atoms with Crippen LogP contribution in [-0.4, -0.2) is 53.7 Å². The highest BCUT2D eigenvalue weighted by atomic mass is 32.2. The third-order valence-electron chi connectivity index (χ3n) is 4.21. The molecule has 3 nitrogen and oxygen atoms in total. The zero-order chi connectivity index (χ0) is 13.9. The Balaban J connectivity index is 1.54. The summed E-state index contributed by atoms with van der Waals surface area (Å²) in [4.78, 5) is 17.4. The fourth-order valence-corrected chi connectivity index (χ4v) is 4.48. The number of amides is 1. The predicted octanol–water partition coefficient (Wildman–Crippen LogP) is 2.26. The molecule has 0 radical (unpaired) electrons. The minimum absolute atomic E-state index is 0.217. The Labute approximate surface area is 125 Å². The Morgan fingerprint density at radius 1 is 1.25 bits per heavy atom. The van der Waals surface area contributed by atoms with Gasteiger partial charge in [0.1, 0.15) is 0 Å². The minimum Gasteiger partial charge on any atom is -0.342 e. The molecule has 20 heavy (non-hydrogen) atoms. The van der Waals surface area contributed by atoms with Gasteiger partial charge < -0.3 is 9.80 Å². The van der Waals surface area contributed by atoms with Gasteiger partial charge in [-0.05, 0) is 31.0 Å². The maximum atomic E-state index is 11.5. The Hall–Kier alpha value is -1.00. The summed E-state index contributed by atoms with van der Waals surface area (Å²) < 4.78 is 0. The number of benzene rings is 1. The normalized spacial score (nSPS) is 23.4. The molecule has 108 valence electrons. The number of fused-ring (bicyclic) bond motifs is 1. The monoisotopic (exact) mass is 290 g/mol. The van der Waals surface area contributed by atoms with Crippen molar-refractivity contribution in [1.29, 1.82) is 0 Å². The van der Waals surface area contributed by atoms with Gasteiger partial charge in [0.15, 0.2) is 0 Å². The SMILES string of the molecule is CC(=O)N1CCCN(CC2Cc3ccccc3S2)CC1. The van der Waals surface area contributed by atoms with Gasteiger partial charge in [-0.1, -0.05) is 18.2 Å². The van der Waals surface area contributed by atoms with Crippen LogP contribution in [0.4, 0.5) is 0 Å². The van der Waals surface area contributed by atoms with Gasteiger partial charge in [0.05, 0.1) is 0 Å². The average Bonchev–Trinajstić information content (AvgIpc) is 2.68. The van der Waals surface area contributed by atoms with E-state index in [1.54, 1.807) is 6.92 Å². The zero-order valence-electron chi connectivity index (χ0n) is 12.0. The molecule has 2 aliphatic rings. The molecule has 3 rings (SSSR count). The van der Waals surface area contributed by atoms with Crippen molar-refractivity contribution in [3.63, 3.8) is 0 Å². The number of nitrogens with zero attached hydrogens (tertiary/aromatic N) is 2. The summed E-state index contributed by atoms with van der Waals surface area (Å²) in [6, 6.07) is 8.76. The predicted molar refractivity (Wildman–Crippen MR) is 83.1 cm³/mol. The van der Waals surface area contributed by atoms with Crippen molar-refractivity contribution in [1.82, 2.24) is 9.80 Å². The van der Waals surface area contributed by atoms with Crippen LogP contribution in [0.25, 0.3) is 0 Å². The molecule has 0 spiro atoms. The van der Waals surface area contributed by atoms with Gasteiger partial charge in [-0.2, -0.15) is 0 Å². The number of thioether (sulfide) groups is 1. The van der Waals surface area contributed by atoms with Crippen LogP contribution in [0.1, 0.15) is 18.9 Å². The van der Waals surface area contributed by atoms with Crippen LogP contribution in [0.3, 0.4) is 0 Å². The number of hydrogen-bond donors (Lipinski definition) is 0. The van der Waals surface area contributed by atoms with Crippen LogP contribution in [0.2, 0.25) is 0 Å². The first kappa shape index (κ1) is 14.0. The van der Waals surface area contributed by atoms with Gasteiger partial charge in [0, 0.05) is 43.2 Å². The smallest absolute Gasteiger partial charge is 0.219 e. The average molecular weight is 290 g/mol. The number of carbonyl (C=O) groups is 1. The second kappa shape index (κ2) is 6.19. The molecule has 4 heteroatoms. The van der Waals surface area contributed by atoms with E-state index in [9.17, 15) is 4.79 Å². The van der Waals surface area contributed by atoms with Crippen molar-refractivity contribution >= 4 is 17.7 Å². The van der Waals surface area contributed by atoms with Gasteiger partial charge in [-0.3, -0.25) is 4.79 Å². The highest BCUT2D eigenvalue weighted by Crippen LogP contribution is 2.37. The second-order valence-corrected chi connectivity index (χ2v) is 7.05. The van der Waals surface area contributed by atoms with Crippen LogP contribution >= 0.6 is 11.8 Å². The summed E-state index contributed by atoms with van der Waals surface area (Å²) in [6.07, 6.45) is 2.29. The van der Waals surface area contributed by atoms with Crippen molar-refractivity contribution < 1.29 is 4.79 Å². The van der Waals surface area contributed by atoms with Crippen LogP contribution < -0.4 is 0 Å². The molecule has 1 saturated heterocycles. The van der Waals surface area contributed by atoms with Crippen molar-refractivity contribution in [2.24, 2.45) is 0 Å². The van der Waals surface area contributed by atoms with E-state index in [-0.39, 0.29) is 5.91 Å². The molecule has 1 aromatic rings. The highest BCUT2D eigenvalue weighted by molar-refractivity contribution is 8.00. The molecular weight excluding hydrogens is 268 g/mol. The molecule has 0 N–H and O–H groups in total. The van der Waals surface area contributed by atoms with Crippen LogP contribution in [-0.2, 0) is 11.2 Å². The lowest BCUT2D eigenvalue weighted by Crippen LogP contribution is -2.36. The van der Waals surface area contributed by atoms with Crippen molar-refractivity contribution in [2.75, 3.05) is 32.7 Å². The Bertz CT molecular complexity index is 466. The van der Waals surface area contributed by atoms with E-state index in [1.807, 2.05) is 16.7 Å². The molecule has 1 fully saturated rings. The van der Waals surface area contributed by atoms with E-state index in [4.69, 9.17) is 0 Å². The Morgan fingerprint density at radius 3 is 2.90 bits per heavy atom. The summed E-state index contributed by atoms with van der Waals surface area (Å²) >= 11 is 2.02. The molecule has 2 aliphatic heterocycles. The van der Waals surface area contributed by atoms with Crippen LogP contribution in [0.5, 0.6) is 0 Å². The third kappa shape index (κ3) is 3.18. The quantitative estimate of drug-likeness (QED) is 0.835. The molecule has 1 atom stereocenters. The van der Waals surface area contributed by atoms with E-state index >= 15 is 0 Å². The first-order valence-electron chi connectivity index (χ1n) is 7.45. The fraction of sp³-hybridized carbons (Fsp3) is 0.562. The second-order valence-electron chi connectivity index (χ2n) is 5.71. The summed E-state index contributed by atoms with van der Waals surface area (Å²) in [6.45, 7) is 6.78. The first-order chi connectivity index (χ1) is 9.72. The lowest BCUT2D eigenvalue weighted by molar-refractivity contribution is -0.128. The molecule has 0 saturated carbocycles. The number of carbonyl (C=O) groups excluding carboxylic acids is 1. The van der Waals surface area contributed by atoms with Crippen LogP contribution in [0, 0.1) is 0 Å². The zero-order valence-corrected chi connectivity index (χ0v) is 12.9. The van der Waals surface area contributed by atoms with E-state index in [0.717, 1.165) is 39.1 Å². The summed E-state index contributed by atoms with van der Waals surface area (Å²) in [7, 11) is 0. The highest BCUT2D eigenvalue weighted by Gasteiger charge is 2.25. The maximum Gasteiger partial charge on any atom is 0.219 e. The van der Waals surface area contributed by atoms with Gasteiger partial charge in [-0.25, -0.2) is 0 Å². The van der Waals surface area contributed by atoms with E-state index in [2.05, 4.69) is 29.2 Å². The van der Waals surface area contributed by atoms with Gasteiger partial charge >= 0.3 is 0 Å². The third-order valence-corrected chi connectivity index (χ3v) is 5.51. The van der Waals surface area contributed by atoms with Gasteiger partial charge in [0.25, 0.3) is 0 Å². The lowest BCUT2D eigenvalue weighted by atomic mass is 10.1. The molecule has 0 aromatic heterocycles. The summed E-state index contributed by atoms with van der Waals surface area (Å²) in [5.41, 5.74) is 1.50. The lowest BCUT2D eigenvalue weighted by Gasteiger charge is -2.23. The van der Waals surface area contributed by atoms with Gasteiger partial charge in [0.2, 0.25) is 5.91 Å². The van der Waals surface area contributed by atoms with Crippen molar-refractivity contribution in [3.8, 4) is 0 Å². The molecule has 2 heterocycles. The molecule has 1 unspecified atom stereocenters. The van der Waals surface area contributed by atoms with E-state index in [1.165, 1.54) is 16.9 Å². The van der Waals surface area contributed by atoms with E-state index in [0.29, 0.717) is 5.25 Å². The fourth-order valence-electron chi connectivity index (χ4n) is 3.11. The maximum absolute atomic E-state index is 11.5. The molecule has 1 aromatic carbocycles. The summed E-state index contributed by atoms with van der Waals surface area (Å²) in [5.74, 6) is 0.217. The summed E-state index contributed by atoms with van der Waals surface area (Å²) in [5, 5.41) is 0.677. The molecule has 0 aliphatic carbocycles. The molecule has 1 amide bonds. The first-order valence-corrected chi connectivity index (χ1v) is 8.33. The minimum atomic E-state index is 0.217. The largest absolute Gasteiger partial charge is 0.342 e. The van der Waals surface area contributed by atoms with Crippen molar-refractivity contribution in [2.45, 2.75) is 29.9 Å². The van der Waals surface area contributed by atoms with Crippen LogP contribution in [0.15, 0.2) is 29.2 Å². The molecular formula is C16H22N2OS. The Kier molecular flexibility index (Phi) is 4.32. The number of hydrogen-bond acceptors (Lipinski definition) is 3. The Morgan fingerprint density at radius 2 is 2.10 bits per heavy atom. The number of rotatable bonds is 2. The van der Waals surface area contributed by atoms with E-state index < -0.39 is 0 Å². The standard InChI is InChI=1S/C16H22N2OS/c1-13(19)18-8-4-7-17(9-10-18)12-15-11-14-5-2-3-6-16(14)20-15/h2-3,5-6,15H,4,7-12H2,1H3. The molecule has 0 bridgehead atoms. The topological polar surface area (TPSA) is 23.6 Å². The van der Waals surface area contributed by atoms with Gasteiger partial charge in [-0.15, -0.1) is 11.8 Å².